The molecule has 0 N–H and O–H groups in total. The normalized spacial score (nSPS) is 17.4. The molecule has 1 aromatic heterocycles. The van der Waals surface area contributed by atoms with E-state index in [1.165, 1.54) is 11.0 Å². The van der Waals surface area contributed by atoms with E-state index in [1.54, 1.807) is 25.3 Å². The summed E-state index contributed by atoms with van der Waals surface area (Å²) in [6.07, 6.45) is 0.347. The van der Waals surface area contributed by atoms with Crippen molar-refractivity contribution in [3.05, 3.63) is 75.1 Å². The number of aryl methyl sites for hydroxylation is 2. The second-order valence-electron chi connectivity index (χ2n) is 8.27. The van der Waals surface area contributed by atoms with Gasteiger partial charge in [0.05, 0.1) is 24.0 Å². The summed E-state index contributed by atoms with van der Waals surface area (Å²) in [4.78, 5) is 27.8. The highest BCUT2D eigenvalue weighted by molar-refractivity contribution is 7.91. The minimum Gasteiger partial charge on any atom is -0.497 e. The fourth-order valence-corrected chi connectivity index (χ4v) is 5.90. The van der Waals surface area contributed by atoms with Crippen molar-refractivity contribution in [2.24, 2.45) is 0 Å². The number of carbonyl (C=O) groups is 1. The number of ether oxygens (including phenoxy) is 1. The van der Waals surface area contributed by atoms with Crippen LogP contribution >= 0.6 is 0 Å². The second-order valence-corrected chi connectivity index (χ2v) is 10.5. The van der Waals surface area contributed by atoms with Gasteiger partial charge in [0.2, 0.25) is 0 Å². The molecular weight excluding hydrogens is 430 g/mol. The largest absolute Gasteiger partial charge is 0.497 e. The number of rotatable bonds is 5. The Morgan fingerprint density at radius 1 is 1.16 bits per heavy atom. The molecule has 1 saturated heterocycles. The van der Waals surface area contributed by atoms with E-state index in [9.17, 15) is 18.0 Å². The number of amides is 1. The maximum absolute atomic E-state index is 13.5. The maximum Gasteiger partial charge on any atom is 0.290 e. The van der Waals surface area contributed by atoms with E-state index in [-0.39, 0.29) is 29.2 Å². The Hall–Kier alpha value is -3.13. The smallest absolute Gasteiger partial charge is 0.290 e. The van der Waals surface area contributed by atoms with E-state index < -0.39 is 21.8 Å². The van der Waals surface area contributed by atoms with Gasteiger partial charge in [-0.25, -0.2) is 8.42 Å². The van der Waals surface area contributed by atoms with Crippen molar-refractivity contribution in [1.82, 2.24) is 4.90 Å². The van der Waals surface area contributed by atoms with Crippen LogP contribution in [0.1, 0.15) is 33.7 Å². The zero-order valence-electron chi connectivity index (χ0n) is 18.3. The molecule has 7 nitrogen and oxygen atoms in total. The van der Waals surface area contributed by atoms with Gasteiger partial charge in [0.1, 0.15) is 11.3 Å². The summed E-state index contributed by atoms with van der Waals surface area (Å²) in [5, 5.41) is 0.421. The van der Waals surface area contributed by atoms with Crippen LogP contribution in [0.25, 0.3) is 11.0 Å². The van der Waals surface area contributed by atoms with E-state index in [0.29, 0.717) is 23.1 Å². The highest BCUT2D eigenvalue weighted by Crippen LogP contribution is 2.25. The highest BCUT2D eigenvalue weighted by atomic mass is 32.2. The molecule has 1 aliphatic heterocycles. The first kappa shape index (κ1) is 22.1. The molecule has 0 saturated carbocycles. The lowest BCUT2D eigenvalue weighted by atomic mass is 10.1. The molecular formula is C24H25NO6S. The summed E-state index contributed by atoms with van der Waals surface area (Å²) in [5.74, 6) is 0.0187. The van der Waals surface area contributed by atoms with Gasteiger partial charge < -0.3 is 14.1 Å². The van der Waals surface area contributed by atoms with Crippen molar-refractivity contribution in [2.45, 2.75) is 32.9 Å². The molecule has 1 atom stereocenters. The minimum atomic E-state index is -3.22. The molecule has 168 valence electrons. The molecule has 32 heavy (non-hydrogen) atoms. The third-order valence-electron chi connectivity index (χ3n) is 5.79. The minimum absolute atomic E-state index is 0.0319. The molecule has 1 amide bonds. The molecule has 2 heterocycles. The number of carbonyl (C=O) groups excluding carboxylic acids is 1. The SMILES string of the molecule is COc1ccc(CN(C(=O)c2cc(=O)c3cc(C)cc(C)c3o2)[C@@H]2CCS(=O)(=O)C2)cc1. The first-order valence-corrected chi connectivity index (χ1v) is 12.2. The zero-order valence-corrected chi connectivity index (χ0v) is 19.1. The molecule has 0 spiro atoms. The molecule has 1 fully saturated rings. The van der Waals surface area contributed by atoms with Gasteiger partial charge in [-0.15, -0.1) is 0 Å². The number of fused-ring (bicyclic) bond motifs is 1. The van der Waals surface area contributed by atoms with Crippen molar-refractivity contribution in [1.29, 1.82) is 0 Å². The number of hydrogen-bond donors (Lipinski definition) is 0. The van der Waals surface area contributed by atoms with Crippen LogP contribution in [0, 0.1) is 13.8 Å². The Morgan fingerprint density at radius 3 is 2.50 bits per heavy atom. The first-order chi connectivity index (χ1) is 15.2. The molecule has 0 radical (unpaired) electrons. The molecule has 0 unspecified atom stereocenters. The van der Waals surface area contributed by atoms with Gasteiger partial charge >= 0.3 is 0 Å². The van der Waals surface area contributed by atoms with Gasteiger partial charge in [-0.1, -0.05) is 18.2 Å². The van der Waals surface area contributed by atoms with Crippen LogP contribution in [0.2, 0.25) is 0 Å². The Labute approximate surface area is 186 Å². The van der Waals surface area contributed by atoms with Gasteiger partial charge in [-0.05, 0) is 55.2 Å². The highest BCUT2D eigenvalue weighted by Gasteiger charge is 2.36. The monoisotopic (exact) mass is 455 g/mol. The Kier molecular flexibility index (Phi) is 5.81. The van der Waals surface area contributed by atoms with Gasteiger partial charge in [0.25, 0.3) is 5.91 Å². The van der Waals surface area contributed by atoms with E-state index in [0.717, 1.165) is 16.7 Å². The Bertz CT molecular complexity index is 1340. The Morgan fingerprint density at radius 2 is 1.88 bits per heavy atom. The molecule has 8 heteroatoms. The summed E-state index contributed by atoms with van der Waals surface area (Å²) in [5.41, 5.74) is 2.58. The first-order valence-electron chi connectivity index (χ1n) is 10.4. The third kappa shape index (κ3) is 4.41. The molecule has 4 rings (SSSR count). The number of sulfone groups is 1. The van der Waals surface area contributed by atoms with E-state index >= 15 is 0 Å². The summed E-state index contributed by atoms with van der Waals surface area (Å²) in [7, 11) is -1.65. The molecule has 1 aliphatic rings. The standard InChI is InChI=1S/C24H25NO6S/c1-15-10-16(2)23-20(11-15)21(26)12-22(31-23)24(27)25(18-8-9-32(28,29)14-18)13-17-4-6-19(30-3)7-5-17/h4-7,10-12,18H,8-9,13-14H2,1-3H3/t18-/m1/s1. The summed E-state index contributed by atoms with van der Waals surface area (Å²) in [6, 6.07) is 11.6. The van der Waals surface area contributed by atoms with Crippen molar-refractivity contribution in [3.63, 3.8) is 0 Å². The van der Waals surface area contributed by atoms with Crippen molar-refractivity contribution < 1.29 is 22.4 Å². The maximum atomic E-state index is 13.5. The summed E-state index contributed by atoms with van der Waals surface area (Å²) < 4.78 is 35.3. The van der Waals surface area contributed by atoms with Crippen LogP contribution in [0.5, 0.6) is 5.75 Å². The van der Waals surface area contributed by atoms with E-state index in [2.05, 4.69) is 0 Å². The second kappa shape index (κ2) is 8.43. The number of nitrogens with zero attached hydrogens (tertiary/aromatic N) is 1. The average Bonchev–Trinajstić information content (AvgIpc) is 3.12. The average molecular weight is 456 g/mol. The number of methoxy groups -OCH3 is 1. The molecule has 2 aromatic carbocycles. The fraction of sp³-hybridized carbons (Fsp3) is 0.333. The van der Waals surface area contributed by atoms with Gasteiger partial charge in [-0.3, -0.25) is 9.59 Å². The van der Waals surface area contributed by atoms with Crippen molar-refractivity contribution in [2.75, 3.05) is 18.6 Å². The van der Waals surface area contributed by atoms with E-state index in [4.69, 9.17) is 9.15 Å². The van der Waals surface area contributed by atoms with Gasteiger partial charge in [0, 0.05) is 18.7 Å². The molecule has 3 aromatic rings. The number of hydrogen-bond acceptors (Lipinski definition) is 6. The van der Waals surface area contributed by atoms with Gasteiger partial charge in [-0.2, -0.15) is 0 Å². The number of benzene rings is 2. The van der Waals surface area contributed by atoms with Crippen LogP contribution in [0.15, 0.2) is 51.7 Å². The molecule has 0 bridgehead atoms. The lowest BCUT2D eigenvalue weighted by Crippen LogP contribution is -2.40. The zero-order chi connectivity index (χ0) is 23.0. The lowest BCUT2D eigenvalue weighted by Gasteiger charge is -2.28. The van der Waals surface area contributed by atoms with Crippen LogP contribution < -0.4 is 10.2 Å². The van der Waals surface area contributed by atoms with Crippen LogP contribution in [-0.4, -0.2) is 43.9 Å². The van der Waals surface area contributed by atoms with Crippen LogP contribution in [-0.2, 0) is 16.4 Å². The van der Waals surface area contributed by atoms with Crippen molar-refractivity contribution in [3.8, 4) is 5.75 Å². The molecule has 0 aliphatic carbocycles. The Balaban J connectivity index is 1.74. The van der Waals surface area contributed by atoms with E-state index in [1.807, 2.05) is 32.0 Å². The van der Waals surface area contributed by atoms with Crippen molar-refractivity contribution >= 4 is 26.7 Å². The van der Waals surface area contributed by atoms with Crippen LogP contribution in [0.4, 0.5) is 0 Å². The summed E-state index contributed by atoms with van der Waals surface area (Å²) >= 11 is 0. The predicted octanol–water partition coefficient (Wildman–Crippen LogP) is 3.25. The van der Waals surface area contributed by atoms with Gasteiger partial charge in [0.15, 0.2) is 21.0 Å². The van der Waals surface area contributed by atoms with Crippen LogP contribution in [0.3, 0.4) is 0 Å². The quantitative estimate of drug-likeness (QED) is 0.586. The summed E-state index contributed by atoms with van der Waals surface area (Å²) in [6.45, 7) is 3.91. The lowest BCUT2D eigenvalue weighted by molar-refractivity contribution is 0.0648. The fourth-order valence-electron chi connectivity index (χ4n) is 4.17. The topological polar surface area (TPSA) is 93.9 Å². The predicted molar refractivity (Wildman–Crippen MR) is 122 cm³/mol. The third-order valence-corrected chi connectivity index (χ3v) is 7.54.